The van der Waals surface area contributed by atoms with Gasteiger partial charge in [-0.05, 0) is 27.4 Å². The minimum absolute atomic E-state index is 0.624. The first-order valence-corrected chi connectivity index (χ1v) is 6.63. The standard InChI is InChI=1S/C8H10BrCl2NS/c9-8-7(1-6-13-8)12(4-2-10)5-3-11/h1,6H,2-5H2. The van der Waals surface area contributed by atoms with Crippen molar-refractivity contribution in [3.63, 3.8) is 0 Å². The number of hydrogen-bond acceptors (Lipinski definition) is 2. The summed E-state index contributed by atoms with van der Waals surface area (Å²) >= 11 is 16.6. The molecule has 0 unspecified atom stereocenters. The van der Waals surface area contributed by atoms with Gasteiger partial charge >= 0.3 is 0 Å². The first-order valence-electron chi connectivity index (χ1n) is 3.89. The number of halogens is 3. The molecule has 0 fully saturated rings. The van der Waals surface area contributed by atoms with Crippen LogP contribution < -0.4 is 4.90 Å². The van der Waals surface area contributed by atoms with Gasteiger partial charge in [-0.3, -0.25) is 0 Å². The monoisotopic (exact) mass is 301 g/mol. The molecule has 0 aromatic carbocycles. The molecular weight excluding hydrogens is 293 g/mol. The second-order valence-electron chi connectivity index (χ2n) is 2.44. The average Bonchev–Trinajstić information content (AvgIpc) is 2.51. The lowest BCUT2D eigenvalue weighted by Gasteiger charge is -2.21. The largest absolute Gasteiger partial charge is 0.368 e. The van der Waals surface area contributed by atoms with Crippen LogP contribution in [0, 0.1) is 0 Å². The maximum absolute atomic E-state index is 5.70. The van der Waals surface area contributed by atoms with Gasteiger partial charge in [0.15, 0.2) is 0 Å². The Bertz CT molecular complexity index is 248. The molecule has 13 heavy (non-hydrogen) atoms. The van der Waals surface area contributed by atoms with Crippen molar-refractivity contribution in [3.8, 4) is 0 Å². The summed E-state index contributed by atoms with van der Waals surface area (Å²) in [6, 6.07) is 2.08. The van der Waals surface area contributed by atoms with Crippen LogP contribution in [0.4, 0.5) is 5.69 Å². The Kier molecular flexibility index (Phi) is 5.48. The van der Waals surface area contributed by atoms with Crippen LogP contribution in [0.3, 0.4) is 0 Å². The lowest BCUT2D eigenvalue weighted by Crippen LogP contribution is -2.27. The molecule has 0 saturated heterocycles. The highest BCUT2D eigenvalue weighted by molar-refractivity contribution is 9.11. The van der Waals surface area contributed by atoms with Gasteiger partial charge in [0, 0.05) is 24.8 Å². The Morgan fingerprint density at radius 3 is 2.31 bits per heavy atom. The van der Waals surface area contributed by atoms with Crippen molar-refractivity contribution in [3.05, 3.63) is 15.2 Å². The molecule has 1 rings (SSSR count). The first kappa shape index (κ1) is 11.6. The van der Waals surface area contributed by atoms with Gasteiger partial charge < -0.3 is 4.90 Å². The van der Waals surface area contributed by atoms with Gasteiger partial charge in [-0.25, -0.2) is 0 Å². The van der Waals surface area contributed by atoms with E-state index in [4.69, 9.17) is 23.2 Å². The molecule has 0 atom stereocenters. The van der Waals surface area contributed by atoms with E-state index in [9.17, 15) is 0 Å². The van der Waals surface area contributed by atoms with E-state index in [0.29, 0.717) is 11.8 Å². The van der Waals surface area contributed by atoms with Gasteiger partial charge in [-0.15, -0.1) is 34.5 Å². The van der Waals surface area contributed by atoms with E-state index in [2.05, 4.69) is 32.3 Å². The Morgan fingerprint density at radius 2 is 1.92 bits per heavy atom. The number of anilines is 1. The van der Waals surface area contributed by atoms with Crippen LogP contribution in [0.2, 0.25) is 0 Å². The van der Waals surface area contributed by atoms with Crippen molar-refractivity contribution in [1.82, 2.24) is 0 Å². The van der Waals surface area contributed by atoms with E-state index in [0.717, 1.165) is 16.9 Å². The van der Waals surface area contributed by atoms with Gasteiger partial charge in [-0.2, -0.15) is 0 Å². The summed E-state index contributed by atoms with van der Waals surface area (Å²) in [7, 11) is 0. The molecule has 0 aliphatic rings. The molecule has 0 saturated carbocycles. The van der Waals surface area contributed by atoms with E-state index in [1.165, 1.54) is 5.69 Å². The number of hydrogen-bond donors (Lipinski definition) is 0. The average molecular weight is 303 g/mol. The third-order valence-electron chi connectivity index (χ3n) is 1.65. The van der Waals surface area contributed by atoms with Crippen LogP contribution in [-0.4, -0.2) is 24.8 Å². The van der Waals surface area contributed by atoms with Crippen LogP contribution in [0.15, 0.2) is 15.2 Å². The Hall–Kier alpha value is 0.560. The van der Waals surface area contributed by atoms with Crippen LogP contribution in [0.1, 0.15) is 0 Å². The lowest BCUT2D eigenvalue weighted by atomic mass is 10.4. The number of thiophene rings is 1. The Balaban J connectivity index is 2.69. The van der Waals surface area contributed by atoms with Crippen molar-refractivity contribution in [1.29, 1.82) is 0 Å². The molecule has 1 nitrogen and oxygen atoms in total. The van der Waals surface area contributed by atoms with E-state index >= 15 is 0 Å². The van der Waals surface area contributed by atoms with Crippen LogP contribution in [0.5, 0.6) is 0 Å². The molecule has 0 spiro atoms. The van der Waals surface area contributed by atoms with Crippen molar-refractivity contribution in [2.75, 3.05) is 29.7 Å². The Labute approximate surface area is 101 Å². The molecule has 1 heterocycles. The van der Waals surface area contributed by atoms with Gasteiger partial charge in [0.25, 0.3) is 0 Å². The molecule has 0 aliphatic carbocycles. The molecule has 0 bridgehead atoms. The third kappa shape index (κ3) is 3.31. The summed E-state index contributed by atoms with van der Waals surface area (Å²) in [6.07, 6.45) is 0. The zero-order chi connectivity index (χ0) is 9.68. The fraction of sp³-hybridized carbons (Fsp3) is 0.500. The quantitative estimate of drug-likeness (QED) is 0.748. The highest BCUT2D eigenvalue weighted by atomic mass is 79.9. The maximum Gasteiger partial charge on any atom is 0.0931 e. The molecule has 74 valence electrons. The van der Waals surface area contributed by atoms with E-state index in [1.54, 1.807) is 11.3 Å². The molecule has 5 heteroatoms. The van der Waals surface area contributed by atoms with Crippen molar-refractivity contribution < 1.29 is 0 Å². The minimum Gasteiger partial charge on any atom is -0.368 e. The Morgan fingerprint density at radius 1 is 1.31 bits per heavy atom. The molecule has 0 N–H and O–H groups in total. The molecule has 0 aliphatic heterocycles. The highest BCUT2D eigenvalue weighted by Gasteiger charge is 2.09. The minimum atomic E-state index is 0.624. The van der Waals surface area contributed by atoms with Crippen molar-refractivity contribution >= 4 is 56.2 Å². The summed E-state index contributed by atoms with van der Waals surface area (Å²) in [5, 5.41) is 2.05. The summed E-state index contributed by atoms with van der Waals surface area (Å²) < 4.78 is 1.14. The van der Waals surface area contributed by atoms with E-state index in [-0.39, 0.29) is 0 Å². The summed E-state index contributed by atoms with van der Waals surface area (Å²) in [5.74, 6) is 1.25. The molecule has 1 aromatic rings. The zero-order valence-electron chi connectivity index (χ0n) is 6.97. The summed E-state index contributed by atoms with van der Waals surface area (Å²) in [5.41, 5.74) is 1.19. The second-order valence-corrected chi connectivity index (χ2v) is 5.43. The van der Waals surface area contributed by atoms with Crippen LogP contribution in [-0.2, 0) is 0 Å². The van der Waals surface area contributed by atoms with Gasteiger partial charge in [0.2, 0.25) is 0 Å². The predicted molar refractivity (Wildman–Crippen MR) is 65.7 cm³/mol. The van der Waals surface area contributed by atoms with Crippen molar-refractivity contribution in [2.45, 2.75) is 0 Å². The first-order chi connectivity index (χ1) is 6.29. The van der Waals surface area contributed by atoms with Gasteiger partial charge in [0.05, 0.1) is 9.47 Å². The molecular formula is C8H10BrCl2NS. The predicted octanol–water partition coefficient (Wildman–Crippen LogP) is 3.79. The zero-order valence-corrected chi connectivity index (χ0v) is 10.9. The third-order valence-corrected chi connectivity index (χ3v) is 3.64. The van der Waals surface area contributed by atoms with Crippen LogP contribution in [0.25, 0.3) is 0 Å². The van der Waals surface area contributed by atoms with E-state index in [1.807, 2.05) is 0 Å². The maximum atomic E-state index is 5.70. The SMILES string of the molecule is ClCCN(CCCl)c1ccsc1Br. The van der Waals surface area contributed by atoms with Crippen molar-refractivity contribution in [2.24, 2.45) is 0 Å². The fourth-order valence-electron chi connectivity index (χ4n) is 1.07. The topological polar surface area (TPSA) is 3.24 Å². The van der Waals surface area contributed by atoms with Crippen LogP contribution >= 0.6 is 50.5 Å². The van der Waals surface area contributed by atoms with Gasteiger partial charge in [0.1, 0.15) is 0 Å². The number of alkyl halides is 2. The molecule has 0 amide bonds. The summed E-state index contributed by atoms with van der Waals surface area (Å²) in [4.78, 5) is 2.18. The summed E-state index contributed by atoms with van der Waals surface area (Å²) in [6.45, 7) is 1.67. The smallest absolute Gasteiger partial charge is 0.0931 e. The lowest BCUT2D eigenvalue weighted by molar-refractivity contribution is 0.874. The van der Waals surface area contributed by atoms with Gasteiger partial charge in [-0.1, -0.05) is 0 Å². The second kappa shape index (κ2) is 6.12. The highest BCUT2D eigenvalue weighted by Crippen LogP contribution is 2.31. The molecule has 0 radical (unpaired) electrons. The number of nitrogens with zero attached hydrogens (tertiary/aromatic N) is 1. The number of rotatable bonds is 5. The van der Waals surface area contributed by atoms with E-state index < -0.39 is 0 Å². The normalized spacial score (nSPS) is 10.4. The fourth-order valence-corrected chi connectivity index (χ4v) is 2.82. The molecule has 1 aromatic heterocycles.